The maximum atomic E-state index is 13.2. The van der Waals surface area contributed by atoms with E-state index in [0.717, 1.165) is 9.87 Å². The number of carbonyl (C=O) groups is 1. The Kier molecular flexibility index (Phi) is 7.22. The van der Waals surface area contributed by atoms with E-state index in [1.165, 1.54) is 42.6 Å². The molecule has 0 unspecified atom stereocenters. The molecule has 0 saturated heterocycles. The second-order valence-corrected chi connectivity index (χ2v) is 8.73. The molecule has 0 spiro atoms. The molecule has 160 valence electrons. The van der Waals surface area contributed by atoms with E-state index in [0.29, 0.717) is 11.1 Å². The SMILES string of the molecule is Cc1ccc(S(=O)(=O)N(CC(=O)N/N=C\c2cccnc2)Cc2ccc(F)cc2)cc1. The molecule has 0 fully saturated rings. The minimum Gasteiger partial charge on any atom is -0.272 e. The number of hydrogen-bond acceptors (Lipinski definition) is 5. The first-order valence-electron chi connectivity index (χ1n) is 9.38. The van der Waals surface area contributed by atoms with E-state index in [1.54, 1.807) is 36.7 Å². The maximum absolute atomic E-state index is 13.2. The number of sulfonamides is 1. The third-order valence-electron chi connectivity index (χ3n) is 4.34. The van der Waals surface area contributed by atoms with Crippen molar-refractivity contribution < 1.29 is 17.6 Å². The highest BCUT2D eigenvalue weighted by Crippen LogP contribution is 2.19. The Morgan fingerprint density at radius 2 is 1.84 bits per heavy atom. The molecule has 1 heterocycles. The molecule has 0 atom stereocenters. The third kappa shape index (κ3) is 6.27. The molecule has 0 aliphatic carbocycles. The van der Waals surface area contributed by atoms with E-state index in [9.17, 15) is 17.6 Å². The fourth-order valence-corrected chi connectivity index (χ4v) is 4.09. The average Bonchev–Trinajstić information content (AvgIpc) is 2.76. The van der Waals surface area contributed by atoms with Gasteiger partial charge in [0.25, 0.3) is 5.91 Å². The van der Waals surface area contributed by atoms with Crippen LogP contribution < -0.4 is 5.43 Å². The Morgan fingerprint density at radius 3 is 2.48 bits per heavy atom. The molecule has 1 aromatic heterocycles. The molecule has 1 amide bonds. The van der Waals surface area contributed by atoms with Crippen molar-refractivity contribution in [3.63, 3.8) is 0 Å². The number of nitrogens with one attached hydrogen (secondary N) is 1. The number of rotatable bonds is 8. The number of benzene rings is 2. The standard InChI is InChI=1S/C22H21FN4O3S/c1-17-4-10-21(11-5-17)31(29,30)27(15-18-6-8-20(23)9-7-18)16-22(28)26-25-14-19-3-2-12-24-13-19/h2-14H,15-16H2,1H3,(H,26,28)/b25-14-. The molecule has 9 heteroatoms. The Bertz CT molecular complexity index is 1150. The van der Waals surface area contributed by atoms with Crippen LogP contribution in [-0.2, 0) is 21.4 Å². The zero-order valence-corrected chi connectivity index (χ0v) is 17.6. The number of amides is 1. The molecular weight excluding hydrogens is 419 g/mol. The molecule has 3 rings (SSSR count). The fraction of sp³-hybridized carbons (Fsp3) is 0.136. The van der Waals surface area contributed by atoms with E-state index in [-0.39, 0.29) is 11.4 Å². The summed E-state index contributed by atoms with van der Waals surface area (Å²) in [6, 6.07) is 15.3. The van der Waals surface area contributed by atoms with Crippen molar-refractivity contribution in [1.82, 2.24) is 14.7 Å². The highest BCUT2D eigenvalue weighted by Gasteiger charge is 2.27. The summed E-state index contributed by atoms with van der Waals surface area (Å²) in [6.07, 6.45) is 4.58. The minimum absolute atomic E-state index is 0.0619. The van der Waals surface area contributed by atoms with Gasteiger partial charge in [-0.3, -0.25) is 9.78 Å². The fourth-order valence-electron chi connectivity index (χ4n) is 2.71. The van der Waals surface area contributed by atoms with Crippen LogP contribution in [0.3, 0.4) is 0 Å². The molecule has 2 aromatic carbocycles. The van der Waals surface area contributed by atoms with Gasteiger partial charge in [0.2, 0.25) is 10.0 Å². The third-order valence-corrected chi connectivity index (χ3v) is 6.14. The number of nitrogens with zero attached hydrogens (tertiary/aromatic N) is 3. The summed E-state index contributed by atoms with van der Waals surface area (Å²) in [7, 11) is -3.98. The summed E-state index contributed by atoms with van der Waals surface area (Å²) in [5.74, 6) is -1.04. The molecule has 0 radical (unpaired) electrons. The largest absolute Gasteiger partial charge is 0.272 e. The first-order chi connectivity index (χ1) is 14.8. The van der Waals surface area contributed by atoms with E-state index >= 15 is 0 Å². The summed E-state index contributed by atoms with van der Waals surface area (Å²) in [4.78, 5) is 16.4. The number of pyridine rings is 1. The number of aryl methyl sites for hydroxylation is 1. The van der Waals surface area contributed by atoms with Crippen LogP contribution in [0, 0.1) is 12.7 Å². The van der Waals surface area contributed by atoms with Gasteiger partial charge in [0.05, 0.1) is 17.7 Å². The Labute approximate surface area is 180 Å². The predicted octanol–water partition coefficient (Wildman–Crippen LogP) is 2.87. The predicted molar refractivity (Wildman–Crippen MR) is 115 cm³/mol. The summed E-state index contributed by atoms with van der Waals surface area (Å²) in [6.45, 7) is 1.29. The average molecular weight is 441 g/mol. The van der Waals surface area contributed by atoms with Crippen LogP contribution in [0.5, 0.6) is 0 Å². The molecule has 0 bridgehead atoms. The molecular formula is C22H21FN4O3S. The minimum atomic E-state index is -3.98. The van der Waals surface area contributed by atoms with Gasteiger partial charge in [-0.05, 0) is 42.8 Å². The first-order valence-corrected chi connectivity index (χ1v) is 10.8. The lowest BCUT2D eigenvalue weighted by Crippen LogP contribution is -2.39. The van der Waals surface area contributed by atoms with Gasteiger partial charge in [0.15, 0.2) is 0 Å². The lowest BCUT2D eigenvalue weighted by atomic mass is 10.2. The maximum Gasteiger partial charge on any atom is 0.255 e. The summed E-state index contributed by atoms with van der Waals surface area (Å²) in [5, 5.41) is 3.84. The Balaban J connectivity index is 1.79. The highest BCUT2D eigenvalue weighted by molar-refractivity contribution is 7.89. The van der Waals surface area contributed by atoms with Gasteiger partial charge >= 0.3 is 0 Å². The number of halogens is 1. The summed E-state index contributed by atoms with van der Waals surface area (Å²) in [5.41, 5.74) is 4.46. The van der Waals surface area contributed by atoms with Crippen molar-refractivity contribution in [2.45, 2.75) is 18.4 Å². The van der Waals surface area contributed by atoms with Crippen molar-refractivity contribution in [3.05, 3.63) is 95.6 Å². The van der Waals surface area contributed by atoms with Crippen LogP contribution in [0.2, 0.25) is 0 Å². The van der Waals surface area contributed by atoms with Crippen LogP contribution in [0.15, 0.2) is 83.1 Å². The van der Waals surface area contributed by atoms with Crippen LogP contribution in [0.25, 0.3) is 0 Å². The van der Waals surface area contributed by atoms with E-state index in [4.69, 9.17) is 0 Å². The van der Waals surface area contributed by atoms with Crippen molar-refractivity contribution >= 4 is 22.1 Å². The zero-order valence-electron chi connectivity index (χ0n) is 16.8. The molecule has 0 aliphatic rings. The van der Waals surface area contributed by atoms with Gasteiger partial charge in [-0.15, -0.1) is 0 Å². The normalized spacial score (nSPS) is 11.7. The molecule has 7 nitrogen and oxygen atoms in total. The van der Waals surface area contributed by atoms with Crippen molar-refractivity contribution in [1.29, 1.82) is 0 Å². The smallest absolute Gasteiger partial charge is 0.255 e. The van der Waals surface area contributed by atoms with Crippen LogP contribution in [0.1, 0.15) is 16.7 Å². The molecule has 3 aromatic rings. The van der Waals surface area contributed by atoms with Crippen LogP contribution >= 0.6 is 0 Å². The molecule has 1 N–H and O–H groups in total. The van der Waals surface area contributed by atoms with Crippen molar-refractivity contribution in [2.75, 3.05) is 6.54 Å². The Morgan fingerprint density at radius 1 is 1.13 bits per heavy atom. The van der Waals surface area contributed by atoms with E-state index in [1.807, 2.05) is 6.92 Å². The molecule has 0 aliphatic heterocycles. The number of carbonyl (C=O) groups excluding carboxylic acids is 1. The summed E-state index contributed by atoms with van der Waals surface area (Å²) >= 11 is 0. The summed E-state index contributed by atoms with van der Waals surface area (Å²) < 4.78 is 40.6. The van der Waals surface area contributed by atoms with Gasteiger partial charge in [0.1, 0.15) is 5.82 Å². The van der Waals surface area contributed by atoms with Crippen LogP contribution in [-0.4, -0.2) is 36.4 Å². The second-order valence-electron chi connectivity index (χ2n) is 6.79. The van der Waals surface area contributed by atoms with E-state index in [2.05, 4.69) is 15.5 Å². The number of hydrogen-bond donors (Lipinski definition) is 1. The first kappa shape index (κ1) is 22.3. The second kappa shape index (κ2) is 10.1. The van der Waals surface area contributed by atoms with Gasteiger partial charge < -0.3 is 0 Å². The van der Waals surface area contributed by atoms with Crippen molar-refractivity contribution in [3.8, 4) is 0 Å². The monoisotopic (exact) mass is 440 g/mol. The quantitative estimate of drug-likeness (QED) is 0.431. The van der Waals surface area contributed by atoms with Gasteiger partial charge in [-0.2, -0.15) is 9.41 Å². The highest BCUT2D eigenvalue weighted by atomic mass is 32.2. The number of aromatic nitrogens is 1. The van der Waals surface area contributed by atoms with Gasteiger partial charge in [-0.1, -0.05) is 35.9 Å². The van der Waals surface area contributed by atoms with E-state index < -0.39 is 28.3 Å². The van der Waals surface area contributed by atoms with Gasteiger partial charge in [-0.25, -0.2) is 18.2 Å². The van der Waals surface area contributed by atoms with Crippen LogP contribution in [0.4, 0.5) is 4.39 Å². The molecule has 0 saturated carbocycles. The lowest BCUT2D eigenvalue weighted by molar-refractivity contribution is -0.121. The number of hydrazone groups is 1. The molecule has 31 heavy (non-hydrogen) atoms. The topological polar surface area (TPSA) is 91.7 Å². The zero-order chi connectivity index (χ0) is 22.3. The Hall–Kier alpha value is -3.43. The van der Waals surface area contributed by atoms with Gasteiger partial charge in [0, 0.05) is 24.5 Å². The lowest BCUT2D eigenvalue weighted by Gasteiger charge is -2.21. The van der Waals surface area contributed by atoms with Crippen molar-refractivity contribution in [2.24, 2.45) is 5.10 Å².